The predicted octanol–water partition coefficient (Wildman–Crippen LogP) is 7.29. The Labute approximate surface area is 169 Å². The van der Waals surface area contributed by atoms with Gasteiger partial charge in [0.2, 0.25) is 5.71 Å². The van der Waals surface area contributed by atoms with E-state index in [0.29, 0.717) is 0 Å². The van der Waals surface area contributed by atoms with Gasteiger partial charge in [-0.3, -0.25) is 9.55 Å². The van der Waals surface area contributed by atoms with Crippen LogP contribution < -0.4 is 0 Å². The first kappa shape index (κ1) is 15.3. The molecule has 0 N–H and O–H groups in total. The van der Waals surface area contributed by atoms with Crippen molar-refractivity contribution < 1.29 is 4.42 Å². The van der Waals surface area contributed by atoms with E-state index in [2.05, 4.69) is 70.2 Å². The highest BCUT2D eigenvalue weighted by Crippen LogP contribution is 2.40. The van der Waals surface area contributed by atoms with E-state index in [-0.39, 0.29) is 0 Å². The highest BCUT2D eigenvalue weighted by atomic mass is 32.1. The van der Waals surface area contributed by atoms with E-state index in [1.807, 2.05) is 35.9 Å². The van der Waals surface area contributed by atoms with Gasteiger partial charge < -0.3 is 4.42 Å². The van der Waals surface area contributed by atoms with Crippen molar-refractivity contribution in [2.24, 2.45) is 0 Å². The molecule has 3 nitrogen and oxygen atoms in total. The minimum Gasteiger partial charge on any atom is -0.439 e. The fraction of sp³-hybridized carbons (Fsp3) is 0. The molecule has 0 atom stereocenters. The van der Waals surface area contributed by atoms with E-state index in [4.69, 9.17) is 4.42 Å². The van der Waals surface area contributed by atoms with E-state index in [0.717, 1.165) is 38.7 Å². The maximum absolute atomic E-state index is 6.34. The lowest BCUT2D eigenvalue weighted by atomic mass is 10.1. The third-order valence-corrected chi connectivity index (χ3v) is 6.86. The number of hydrogen-bond donors (Lipinski definition) is 0. The standard InChI is InChI=1S/C25H14N2OS/c1-3-7-21-18(6-1)24-17-11-12-26-14-20(17)27(25(24)28-21)15-9-10-23-19(13-15)16-5-2-4-8-22(16)29-23/h1-14H. The molecule has 29 heavy (non-hydrogen) atoms. The van der Waals surface area contributed by atoms with E-state index in [9.17, 15) is 0 Å². The summed E-state index contributed by atoms with van der Waals surface area (Å²) in [7, 11) is 0. The average Bonchev–Trinajstić information content (AvgIpc) is 3.41. The van der Waals surface area contributed by atoms with Crippen LogP contribution in [0.2, 0.25) is 0 Å². The van der Waals surface area contributed by atoms with Gasteiger partial charge in [-0.15, -0.1) is 11.3 Å². The summed E-state index contributed by atoms with van der Waals surface area (Å²) in [5.74, 6) is 0. The van der Waals surface area contributed by atoms with E-state index in [1.54, 1.807) is 0 Å². The molecule has 0 aliphatic heterocycles. The summed E-state index contributed by atoms with van der Waals surface area (Å²) in [5.41, 5.74) is 3.93. The largest absolute Gasteiger partial charge is 0.439 e. The van der Waals surface area contributed by atoms with Gasteiger partial charge in [0, 0.05) is 42.8 Å². The zero-order chi connectivity index (χ0) is 18.9. The monoisotopic (exact) mass is 390 g/mol. The van der Waals surface area contributed by atoms with Crippen molar-refractivity contribution in [3.63, 3.8) is 0 Å². The molecule has 3 aromatic carbocycles. The van der Waals surface area contributed by atoms with Gasteiger partial charge in [-0.25, -0.2) is 0 Å². The lowest BCUT2D eigenvalue weighted by Crippen LogP contribution is -1.93. The van der Waals surface area contributed by atoms with Crippen LogP contribution in [0.4, 0.5) is 0 Å². The number of furan rings is 1. The molecule has 0 amide bonds. The van der Waals surface area contributed by atoms with Gasteiger partial charge >= 0.3 is 0 Å². The minimum atomic E-state index is 0.869. The fourth-order valence-corrected chi connectivity index (χ4v) is 5.53. The Morgan fingerprint density at radius 3 is 2.55 bits per heavy atom. The van der Waals surface area contributed by atoms with Crippen LogP contribution in [0.5, 0.6) is 0 Å². The number of nitrogens with zero attached hydrogens (tertiary/aromatic N) is 2. The smallest absolute Gasteiger partial charge is 0.213 e. The minimum absolute atomic E-state index is 0.869. The average molecular weight is 390 g/mol. The zero-order valence-corrected chi connectivity index (χ0v) is 16.1. The summed E-state index contributed by atoms with van der Waals surface area (Å²) in [4.78, 5) is 4.40. The number of aromatic nitrogens is 2. The summed E-state index contributed by atoms with van der Waals surface area (Å²) < 4.78 is 11.1. The summed E-state index contributed by atoms with van der Waals surface area (Å²) in [6.07, 6.45) is 3.78. The molecule has 0 spiro atoms. The summed E-state index contributed by atoms with van der Waals surface area (Å²) >= 11 is 1.83. The number of thiophene rings is 1. The summed E-state index contributed by atoms with van der Waals surface area (Å²) in [6, 6.07) is 25.6. The quantitative estimate of drug-likeness (QED) is 0.295. The molecule has 4 aromatic heterocycles. The van der Waals surface area contributed by atoms with Crippen LogP contribution in [0, 0.1) is 0 Å². The summed E-state index contributed by atoms with van der Waals surface area (Å²) in [6.45, 7) is 0. The highest BCUT2D eigenvalue weighted by Gasteiger charge is 2.19. The predicted molar refractivity (Wildman–Crippen MR) is 121 cm³/mol. The Balaban J connectivity index is 1.65. The number of hydrogen-bond acceptors (Lipinski definition) is 3. The topological polar surface area (TPSA) is 31.0 Å². The van der Waals surface area contributed by atoms with Crippen molar-refractivity contribution in [3.05, 3.63) is 85.2 Å². The first-order chi connectivity index (χ1) is 14.4. The molecule has 0 radical (unpaired) electrons. The fourth-order valence-electron chi connectivity index (χ4n) is 4.44. The molecular weight excluding hydrogens is 376 g/mol. The first-order valence-corrected chi connectivity index (χ1v) is 10.4. The molecule has 0 aliphatic rings. The maximum atomic E-state index is 6.34. The van der Waals surface area contributed by atoms with Gasteiger partial charge in [-0.05, 0) is 36.4 Å². The van der Waals surface area contributed by atoms with Gasteiger partial charge in [-0.1, -0.05) is 36.4 Å². The Morgan fingerprint density at radius 2 is 1.59 bits per heavy atom. The van der Waals surface area contributed by atoms with Crippen molar-refractivity contribution in [1.82, 2.24) is 9.55 Å². The lowest BCUT2D eigenvalue weighted by molar-refractivity contribution is 0.645. The van der Waals surface area contributed by atoms with Crippen LogP contribution in [0.3, 0.4) is 0 Å². The molecule has 7 aromatic rings. The van der Waals surface area contributed by atoms with Crippen molar-refractivity contribution in [2.75, 3.05) is 0 Å². The number of fused-ring (bicyclic) bond motifs is 8. The molecule has 7 rings (SSSR count). The van der Waals surface area contributed by atoms with Crippen LogP contribution in [0.1, 0.15) is 0 Å². The third kappa shape index (κ3) is 1.99. The van der Waals surface area contributed by atoms with Gasteiger partial charge in [0.15, 0.2) is 0 Å². The second-order valence-corrected chi connectivity index (χ2v) is 8.37. The number of benzene rings is 3. The molecule has 0 fully saturated rings. The molecule has 0 bridgehead atoms. The van der Waals surface area contributed by atoms with E-state index < -0.39 is 0 Å². The van der Waals surface area contributed by atoms with E-state index in [1.165, 1.54) is 20.2 Å². The number of pyridine rings is 1. The van der Waals surface area contributed by atoms with Crippen molar-refractivity contribution in [2.45, 2.75) is 0 Å². The van der Waals surface area contributed by atoms with Crippen molar-refractivity contribution >= 4 is 64.5 Å². The Morgan fingerprint density at radius 1 is 0.759 bits per heavy atom. The van der Waals surface area contributed by atoms with Gasteiger partial charge in [0.25, 0.3) is 0 Å². The highest BCUT2D eigenvalue weighted by molar-refractivity contribution is 7.25. The maximum Gasteiger partial charge on any atom is 0.213 e. The summed E-state index contributed by atoms with van der Waals surface area (Å²) in [5, 5.41) is 6.02. The van der Waals surface area contributed by atoms with Gasteiger partial charge in [0.1, 0.15) is 5.58 Å². The van der Waals surface area contributed by atoms with E-state index >= 15 is 0 Å². The van der Waals surface area contributed by atoms with Crippen molar-refractivity contribution in [1.29, 1.82) is 0 Å². The van der Waals surface area contributed by atoms with Crippen molar-refractivity contribution in [3.8, 4) is 5.69 Å². The van der Waals surface area contributed by atoms with Gasteiger partial charge in [-0.2, -0.15) is 0 Å². The molecule has 0 saturated heterocycles. The first-order valence-electron chi connectivity index (χ1n) is 9.56. The Kier molecular flexibility index (Phi) is 2.88. The number of rotatable bonds is 1. The number of para-hydroxylation sites is 1. The molecule has 4 heteroatoms. The second-order valence-electron chi connectivity index (χ2n) is 7.29. The second kappa shape index (κ2) is 5.46. The molecule has 0 unspecified atom stereocenters. The SMILES string of the molecule is c1ccc2c(c1)oc1c2c2ccncc2n1-c1ccc2sc3ccccc3c2c1. The van der Waals surface area contributed by atoms with Crippen LogP contribution in [0.25, 0.3) is 58.8 Å². The zero-order valence-electron chi connectivity index (χ0n) is 15.3. The molecule has 136 valence electrons. The van der Waals surface area contributed by atoms with Crippen LogP contribution in [-0.4, -0.2) is 9.55 Å². The molecule has 0 saturated carbocycles. The lowest BCUT2D eigenvalue weighted by Gasteiger charge is -2.06. The van der Waals surface area contributed by atoms with Crippen LogP contribution in [0.15, 0.2) is 89.6 Å². The Bertz CT molecular complexity index is 1720. The normalized spacial score (nSPS) is 12.1. The third-order valence-electron chi connectivity index (χ3n) is 5.71. The van der Waals surface area contributed by atoms with Crippen LogP contribution in [-0.2, 0) is 0 Å². The Hall–Kier alpha value is -3.63. The molecular formula is C25H14N2OS. The van der Waals surface area contributed by atoms with Gasteiger partial charge in [0.05, 0.1) is 17.1 Å². The molecule has 0 aliphatic carbocycles. The van der Waals surface area contributed by atoms with Crippen LogP contribution >= 0.6 is 11.3 Å². The molecule has 4 heterocycles.